The van der Waals surface area contributed by atoms with Gasteiger partial charge in [-0.2, -0.15) is 8.78 Å². The zero-order valence-corrected chi connectivity index (χ0v) is 13.8. The molecular weight excluding hydrogens is 334 g/mol. The molecule has 3 rings (SSSR count). The van der Waals surface area contributed by atoms with Crippen LogP contribution in [-0.4, -0.2) is 23.7 Å². The van der Waals surface area contributed by atoms with Gasteiger partial charge in [-0.25, -0.2) is 0 Å². The van der Waals surface area contributed by atoms with Gasteiger partial charge in [0.25, 0.3) is 5.91 Å². The summed E-state index contributed by atoms with van der Waals surface area (Å²) in [5.74, 6) is -0.0855. The maximum absolute atomic E-state index is 12.1. The Morgan fingerprint density at radius 3 is 2.58 bits per heavy atom. The van der Waals surface area contributed by atoms with Crippen LogP contribution in [0.15, 0.2) is 34.2 Å². The Kier molecular flexibility index (Phi) is 5.50. The molecule has 1 saturated carbocycles. The normalized spacial score (nSPS) is 22.4. The van der Waals surface area contributed by atoms with Crippen molar-refractivity contribution >= 4 is 28.9 Å². The lowest BCUT2D eigenvalue weighted by Crippen LogP contribution is -2.22. The fraction of sp³-hybridized carbons (Fsp3) is 0.412. The largest absolute Gasteiger partial charge is 0.435 e. The number of carbonyl (C=O) groups excluding carboxylic acids is 1. The molecular formula is C17H18F2N2O2S. The summed E-state index contributed by atoms with van der Waals surface area (Å²) in [7, 11) is 0. The molecule has 4 nitrogen and oxygen atoms in total. The number of aliphatic imine (C=N–C) groups is 1. The Balaban J connectivity index is 1.66. The van der Waals surface area contributed by atoms with Crippen molar-refractivity contribution in [2.75, 3.05) is 0 Å². The zero-order chi connectivity index (χ0) is 16.9. The summed E-state index contributed by atoms with van der Waals surface area (Å²) in [6.45, 7) is -2.84. The Bertz CT molecular complexity index is 653. The Morgan fingerprint density at radius 1 is 1.21 bits per heavy atom. The highest BCUT2D eigenvalue weighted by Crippen LogP contribution is 2.29. The molecule has 128 valence electrons. The molecule has 1 amide bonds. The van der Waals surface area contributed by atoms with Gasteiger partial charge in [-0.3, -0.25) is 9.79 Å². The number of hydrogen-bond acceptors (Lipinski definition) is 4. The molecule has 1 aromatic rings. The first-order chi connectivity index (χ1) is 11.6. The highest BCUT2D eigenvalue weighted by molar-refractivity contribution is 8.18. The number of nitrogens with one attached hydrogen (secondary N) is 1. The maximum Gasteiger partial charge on any atom is 0.387 e. The van der Waals surface area contributed by atoms with E-state index in [-0.39, 0.29) is 11.7 Å². The number of carbonyl (C=O) groups is 1. The van der Waals surface area contributed by atoms with Gasteiger partial charge in [0, 0.05) is 0 Å². The van der Waals surface area contributed by atoms with Crippen LogP contribution in [0.3, 0.4) is 0 Å². The zero-order valence-electron chi connectivity index (χ0n) is 13.0. The maximum atomic E-state index is 12.1. The predicted molar refractivity (Wildman–Crippen MR) is 91.1 cm³/mol. The van der Waals surface area contributed by atoms with Gasteiger partial charge in [0.05, 0.1) is 10.9 Å². The minimum Gasteiger partial charge on any atom is -0.435 e. The molecule has 0 radical (unpaired) electrons. The van der Waals surface area contributed by atoms with Gasteiger partial charge in [0.15, 0.2) is 5.17 Å². The number of thioether (sulfide) groups is 1. The summed E-state index contributed by atoms with van der Waals surface area (Å²) in [5.41, 5.74) is 0.744. The lowest BCUT2D eigenvalue weighted by Gasteiger charge is -2.17. The first-order valence-electron chi connectivity index (χ1n) is 7.94. The van der Waals surface area contributed by atoms with Crippen LogP contribution in [0.25, 0.3) is 6.08 Å². The SMILES string of the molecule is O=C1NC(=NC2CCCCC2)SC1=Cc1ccc(OC(F)F)cc1. The molecule has 0 spiro atoms. The second-order valence-electron chi connectivity index (χ2n) is 5.74. The Hall–Kier alpha value is -1.89. The number of rotatable bonds is 4. The summed E-state index contributed by atoms with van der Waals surface area (Å²) in [6.07, 6.45) is 7.51. The molecule has 1 aliphatic carbocycles. The summed E-state index contributed by atoms with van der Waals surface area (Å²) in [5, 5.41) is 3.44. The van der Waals surface area contributed by atoms with Crippen LogP contribution in [0.2, 0.25) is 0 Å². The first-order valence-corrected chi connectivity index (χ1v) is 8.75. The predicted octanol–water partition coefficient (Wildman–Crippen LogP) is 4.18. The number of nitrogens with zero attached hydrogens (tertiary/aromatic N) is 1. The molecule has 0 aromatic heterocycles. The quantitative estimate of drug-likeness (QED) is 0.827. The van der Waals surface area contributed by atoms with Crippen molar-refractivity contribution in [3.05, 3.63) is 34.7 Å². The van der Waals surface area contributed by atoms with Gasteiger partial charge >= 0.3 is 6.61 Å². The highest BCUT2D eigenvalue weighted by atomic mass is 32.2. The third-order valence-corrected chi connectivity index (χ3v) is 4.85. The minimum absolute atomic E-state index is 0.0928. The number of benzene rings is 1. The van der Waals surface area contributed by atoms with Crippen molar-refractivity contribution in [1.29, 1.82) is 0 Å². The van der Waals surface area contributed by atoms with E-state index in [9.17, 15) is 13.6 Å². The monoisotopic (exact) mass is 352 g/mol. The van der Waals surface area contributed by atoms with Gasteiger partial charge < -0.3 is 10.1 Å². The van der Waals surface area contributed by atoms with Crippen LogP contribution in [0, 0.1) is 0 Å². The number of ether oxygens (including phenoxy) is 1. The van der Waals surface area contributed by atoms with E-state index in [4.69, 9.17) is 0 Å². The second-order valence-corrected chi connectivity index (χ2v) is 6.77. The van der Waals surface area contributed by atoms with Gasteiger partial charge in [-0.05, 0) is 48.4 Å². The third kappa shape index (κ3) is 4.56. The molecule has 2 fully saturated rings. The van der Waals surface area contributed by atoms with Crippen molar-refractivity contribution < 1.29 is 18.3 Å². The number of amides is 1. The standard InChI is InChI=1S/C17H18F2N2O2S/c18-16(19)23-13-8-6-11(7-9-13)10-14-15(22)21-17(24-14)20-12-4-2-1-3-5-12/h6-10,12,16H,1-5H2,(H,20,21,22). The third-order valence-electron chi connectivity index (χ3n) is 3.93. The molecule has 0 atom stereocenters. The van der Waals surface area contributed by atoms with Crippen LogP contribution >= 0.6 is 11.8 Å². The molecule has 24 heavy (non-hydrogen) atoms. The molecule has 0 bridgehead atoms. The fourth-order valence-electron chi connectivity index (χ4n) is 2.76. The lowest BCUT2D eigenvalue weighted by molar-refractivity contribution is -0.115. The van der Waals surface area contributed by atoms with Crippen molar-refractivity contribution in [2.45, 2.75) is 44.8 Å². The van der Waals surface area contributed by atoms with E-state index in [1.165, 1.54) is 43.2 Å². The average molecular weight is 352 g/mol. The second kappa shape index (κ2) is 7.79. The average Bonchev–Trinajstić information content (AvgIpc) is 2.89. The van der Waals surface area contributed by atoms with Crippen molar-refractivity contribution in [3.63, 3.8) is 0 Å². The Morgan fingerprint density at radius 2 is 1.92 bits per heavy atom. The van der Waals surface area contributed by atoms with E-state index in [1.54, 1.807) is 18.2 Å². The Labute approximate surface area is 143 Å². The van der Waals surface area contributed by atoms with Crippen LogP contribution in [0.4, 0.5) is 8.78 Å². The topological polar surface area (TPSA) is 50.7 Å². The number of amidine groups is 1. The number of halogens is 2. The number of hydrogen-bond donors (Lipinski definition) is 1. The molecule has 1 heterocycles. The first kappa shape index (κ1) is 17.0. The molecule has 0 unspecified atom stereocenters. The molecule has 1 N–H and O–H groups in total. The van der Waals surface area contributed by atoms with E-state index in [0.29, 0.717) is 16.1 Å². The molecule has 1 saturated heterocycles. The van der Waals surface area contributed by atoms with E-state index < -0.39 is 6.61 Å². The van der Waals surface area contributed by atoms with Gasteiger partial charge in [0.1, 0.15) is 5.75 Å². The lowest BCUT2D eigenvalue weighted by atomic mass is 9.96. The van der Waals surface area contributed by atoms with Crippen LogP contribution in [0.1, 0.15) is 37.7 Å². The number of alkyl halides is 2. The fourth-order valence-corrected chi connectivity index (χ4v) is 3.65. The van der Waals surface area contributed by atoms with Gasteiger partial charge in [-0.15, -0.1) is 0 Å². The summed E-state index contributed by atoms with van der Waals surface area (Å²) in [4.78, 5) is 17.2. The smallest absolute Gasteiger partial charge is 0.387 e. The van der Waals surface area contributed by atoms with Crippen LogP contribution in [-0.2, 0) is 4.79 Å². The van der Waals surface area contributed by atoms with Crippen molar-refractivity contribution in [2.24, 2.45) is 4.99 Å². The highest BCUT2D eigenvalue weighted by Gasteiger charge is 2.25. The minimum atomic E-state index is -2.84. The van der Waals surface area contributed by atoms with Crippen molar-refractivity contribution in [3.8, 4) is 5.75 Å². The van der Waals surface area contributed by atoms with Crippen LogP contribution < -0.4 is 10.1 Å². The molecule has 1 aromatic carbocycles. The van der Waals surface area contributed by atoms with E-state index in [2.05, 4.69) is 15.0 Å². The molecule has 1 aliphatic heterocycles. The molecule has 2 aliphatic rings. The summed E-state index contributed by atoms with van der Waals surface area (Å²) >= 11 is 1.32. The molecule has 7 heteroatoms. The van der Waals surface area contributed by atoms with E-state index >= 15 is 0 Å². The van der Waals surface area contributed by atoms with Gasteiger partial charge in [0.2, 0.25) is 0 Å². The van der Waals surface area contributed by atoms with E-state index in [0.717, 1.165) is 18.4 Å². The summed E-state index contributed by atoms with van der Waals surface area (Å²) in [6, 6.07) is 6.47. The van der Waals surface area contributed by atoms with E-state index in [1.807, 2.05) is 0 Å². The van der Waals surface area contributed by atoms with Gasteiger partial charge in [-0.1, -0.05) is 31.4 Å². The van der Waals surface area contributed by atoms with Crippen molar-refractivity contribution in [1.82, 2.24) is 5.32 Å². The van der Waals surface area contributed by atoms with Crippen LogP contribution in [0.5, 0.6) is 5.75 Å². The summed E-state index contributed by atoms with van der Waals surface area (Å²) < 4.78 is 28.6.